The van der Waals surface area contributed by atoms with Gasteiger partial charge in [-0.25, -0.2) is 9.97 Å². The zero-order chi connectivity index (χ0) is 26.9. The number of amides is 2. The molecule has 11 heteroatoms. The number of nitrogens with zero attached hydrogens (tertiary/aromatic N) is 4. The van der Waals surface area contributed by atoms with Gasteiger partial charge in [-0.15, -0.1) is 0 Å². The number of hydrogen-bond acceptors (Lipinski definition) is 5. The molecule has 0 bridgehead atoms. The standard InChI is InChI=1S/C26H25F2IN6O2/c1-4-9-18-20(25(37)33-22(26(27,28)29)16-10-7-6-8-11-16)21-23(30)31-14-32-24(21)35(18)17-12-15(3)34(13-17)19(36)5-2/h5-8,10-11,14-15,17,22H,2,12-13H2,1,3H3,(H,33,37)(H2,30,31,32)/t15-,17+,22-/m0/s1. The number of nitrogen functional groups attached to an aromatic ring is 1. The molecule has 4 rings (SSSR count). The summed E-state index contributed by atoms with van der Waals surface area (Å²) in [4.78, 5) is 36.2. The average Bonchev–Trinajstić information content (AvgIpc) is 3.40. The summed E-state index contributed by atoms with van der Waals surface area (Å²) in [6, 6.07) is 6.00. The molecule has 1 fully saturated rings. The number of nitrogens with two attached hydrogens (primary N) is 1. The van der Waals surface area contributed by atoms with Crippen LogP contribution in [0.1, 0.15) is 54.0 Å². The van der Waals surface area contributed by atoms with Crippen LogP contribution in [0.25, 0.3) is 11.0 Å². The summed E-state index contributed by atoms with van der Waals surface area (Å²) in [5, 5.41) is 2.71. The van der Waals surface area contributed by atoms with Crippen molar-refractivity contribution in [3.8, 4) is 11.8 Å². The van der Waals surface area contributed by atoms with Crippen molar-refractivity contribution in [3.63, 3.8) is 0 Å². The molecule has 2 amide bonds. The minimum atomic E-state index is -3.29. The van der Waals surface area contributed by atoms with Gasteiger partial charge in [-0.1, -0.05) is 42.8 Å². The summed E-state index contributed by atoms with van der Waals surface area (Å²) < 4.78 is 27.8. The number of benzene rings is 1. The fourth-order valence-corrected chi connectivity index (χ4v) is 5.31. The lowest BCUT2D eigenvalue weighted by Crippen LogP contribution is -2.37. The zero-order valence-electron chi connectivity index (χ0n) is 20.2. The normalized spacial score (nSPS) is 18.2. The number of anilines is 1. The van der Waals surface area contributed by atoms with Crippen LogP contribution in [0.15, 0.2) is 49.3 Å². The number of alkyl halides is 3. The van der Waals surface area contributed by atoms with E-state index in [0.717, 1.165) is 22.6 Å². The highest BCUT2D eigenvalue weighted by atomic mass is 127. The smallest absolute Gasteiger partial charge is 0.320 e. The molecule has 0 radical (unpaired) electrons. The molecule has 1 saturated heterocycles. The van der Waals surface area contributed by atoms with E-state index in [-0.39, 0.29) is 46.0 Å². The Morgan fingerprint density at radius 1 is 1.32 bits per heavy atom. The molecule has 3 N–H and O–H groups in total. The fourth-order valence-electron chi connectivity index (χ4n) is 4.79. The van der Waals surface area contributed by atoms with Crippen molar-refractivity contribution in [3.05, 3.63) is 66.1 Å². The number of fused-ring (bicyclic) bond motifs is 1. The van der Waals surface area contributed by atoms with E-state index in [1.54, 1.807) is 34.6 Å². The van der Waals surface area contributed by atoms with Gasteiger partial charge in [0.05, 0.1) is 17.0 Å². The van der Waals surface area contributed by atoms with E-state index in [1.807, 2.05) is 6.92 Å². The Kier molecular flexibility index (Phi) is 7.49. The molecule has 0 aliphatic carbocycles. The minimum Gasteiger partial charge on any atom is -0.383 e. The van der Waals surface area contributed by atoms with E-state index in [0.29, 0.717) is 18.6 Å². The highest BCUT2D eigenvalue weighted by Gasteiger charge is 2.41. The molecule has 192 valence electrons. The monoisotopic (exact) mass is 618 g/mol. The van der Waals surface area contributed by atoms with Gasteiger partial charge < -0.3 is 20.5 Å². The van der Waals surface area contributed by atoms with Gasteiger partial charge in [-0.05, 0) is 37.8 Å². The third-order valence-electron chi connectivity index (χ3n) is 6.39. The van der Waals surface area contributed by atoms with Gasteiger partial charge in [0.1, 0.15) is 29.5 Å². The first-order valence-corrected chi connectivity index (χ1v) is 12.6. The van der Waals surface area contributed by atoms with Crippen molar-refractivity contribution >= 4 is 51.3 Å². The highest BCUT2D eigenvalue weighted by Crippen LogP contribution is 2.39. The van der Waals surface area contributed by atoms with Crippen molar-refractivity contribution in [2.45, 2.75) is 42.3 Å². The van der Waals surface area contributed by atoms with Crippen LogP contribution in [0.3, 0.4) is 0 Å². The summed E-state index contributed by atoms with van der Waals surface area (Å²) >= 11 is 1.02. The molecule has 37 heavy (non-hydrogen) atoms. The lowest BCUT2D eigenvalue weighted by atomic mass is 10.1. The first kappa shape index (κ1) is 26.5. The van der Waals surface area contributed by atoms with E-state index in [4.69, 9.17) is 5.73 Å². The molecule has 1 aromatic carbocycles. The Bertz CT molecular complexity index is 1420. The van der Waals surface area contributed by atoms with Gasteiger partial charge in [-0.2, -0.15) is 8.78 Å². The number of likely N-dealkylation sites (tertiary alicyclic amines) is 1. The van der Waals surface area contributed by atoms with Gasteiger partial charge in [0.2, 0.25) is 5.91 Å². The second-order valence-corrected chi connectivity index (χ2v) is 10.2. The Morgan fingerprint density at radius 3 is 2.65 bits per heavy atom. The molecule has 2 aromatic heterocycles. The lowest BCUT2D eigenvalue weighted by molar-refractivity contribution is -0.126. The van der Waals surface area contributed by atoms with Gasteiger partial charge in [-0.3, -0.25) is 9.59 Å². The number of carbonyl (C=O) groups excluding carboxylic acids is 2. The predicted octanol–water partition coefficient (Wildman–Crippen LogP) is 4.23. The SMILES string of the molecule is C=CC(=O)N1C[C@H](n2c(C#CC)c(C(=O)N[C@@H](c3ccccc3)C(F)(F)I)c3c(N)ncnc32)C[C@@H]1C. The number of halogens is 3. The van der Waals surface area contributed by atoms with Crippen LogP contribution in [0, 0.1) is 11.8 Å². The summed E-state index contributed by atoms with van der Waals surface area (Å²) in [6.45, 7) is 7.43. The van der Waals surface area contributed by atoms with Crippen LogP contribution in [0.4, 0.5) is 14.6 Å². The van der Waals surface area contributed by atoms with Crippen LogP contribution in [0.2, 0.25) is 0 Å². The van der Waals surface area contributed by atoms with Crippen molar-refractivity contribution in [2.75, 3.05) is 12.3 Å². The molecular weight excluding hydrogens is 593 g/mol. The third-order valence-corrected chi connectivity index (χ3v) is 7.02. The lowest BCUT2D eigenvalue weighted by Gasteiger charge is -2.24. The van der Waals surface area contributed by atoms with E-state index < -0.39 is 15.9 Å². The Hall–Kier alpha value is -3.53. The van der Waals surface area contributed by atoms with Crippen molar-refractivity contribution in [1.29, 1.82) is 0 Å². The molecule has 3 heterocycles. The van der Waals surface area contributed by atoms with Crippen LogP contribution < -0.4 is 11.1 Å². The van der Waals surface area contributed by atoms with E-state index in [9.17, 15) is 18.4 Å². The molecule has 3 atom stereocenters. The average molecular weight is 618 g/mol. The molecule has 1 aliphatic rings. The number of aromatic nitrogens is 3. The minimum absolute atomic E-state index is 0.0187. The maximum absolute atomic E-state index is 14.7. The molecule has 0 saturated carbocycles. The quantitative estimate of drug-likeness (QED) is 0.186. The first-order valence-electron chi connectivity index (χ1n) is 11.5. The maximum Gasteiger partial charge on any atom is 0.320 e. The maximum atomic E-state index is 14.7. The Labute approximate surface area is 226 Å². The van der Waals surface area contributed by atoms with Gasteiger partial charge in [0, 0.05) is 35.2 Å². The summed E-state index contributed by atoms with van der Waals surface area (Å²) in [5.41, 5.74) is 7.09. The van der Waals surface area contributed by atoms with Gasteiger partial charge >= 0.3 is 3.93 Å². The third kappa shape index (κ3) is 5.02. The van der Waals surface area contributed by atoms with Crippen LogP contribution in [0.5, 0.6) is 0 Å². The van der Waals surface area contributed by atoms with Crippen molar-refractivity contribution in [1.82, 2.24) is 24.8 Å². The molecule has 3 aromatic rings. The van der Waals surface area contributed by atoms with Crippen LogP contribution in [-0.4, -0.2) is 47.8 Å². The summed E-state index contributed by atoms with van der Waals surface area (Å²) in [7, 11) is 0. The first-order chi connectivity index (χ1) is 17.6. The molecular formula is C26H25F2IN6O2. The summed E-state index contributed by atoms with van der Waals surface area (Å²) in [5.74, 6) is 4.80. The predicted molar refractivity (Wildman–Crippen MR) is 145 cm³/mol. The Balaban J connectivity index is 1.87. The molecule has 0 unspecified atom stereocenters. The number of nitrogens with one attached hydrogen (secondary N) is 1. The fraction of sp³-hybridized carbons (Fsp3) is 0.308. The van der Waals surface area contributed by atoms with E-state index in [2.05, 4.69) is 33.7 Å². The topological polar surface area (TPSA) is 106 Å². The number of carbonyl (C=O) groups is 2. The van der Waals surface area contributed by atoms with E-state index >= 15 is 0 Å². The largest absolute Gasteiger partial charge is 0.383 e. The van der Waals surface area contributed by atoms with Gasteiger partial charge in [0.25, 0.3) is 5.91 Å². The zero-order valence-corrected chi connectivity index (χ0v) is 22.4. The highest BCUT2D eigenvalue weighted by molar-refractivity contribution is 14.1. The molecule has 0 spiro atoms. The van der Waals surface area contributed by atoms with Gasteiger partial charge in [0.15, 0.2) is 0 Å². The molecule has 8 nitrogen and oxygen atoms in total. The van der Waals surface area contributed by atoms with Crippen molar-refractivity contribution < 1.29 is 18.4 Å². The Morgan fingerprint density at radius 2 is 2.03 bits per heavy atom. The second kappa shape index (κ2) is 10.5. The number of rotatable bonds is 6. The van der Waals surface area contributed by atoms with Crippen LogP contribution >= 0.6 is 22.6 Å². The summed E-state index contributed by atoms with van der Waals surface area (Å²) in [6.07, 6.45) is 3.09. The van der Waals surface area contributed by atoms with E-state index in [1.165, 1.54) is 24.5 Å². The second-order valence-electron chi connectivity index (χ2n) is 8.72. The molecule has 1 aliphatic heterocycles. The number of hydrogen-bond donors (Lipinski definition) is 2. The van der Waals surface area contributed by atoms with Crippen LogP contribution in [-0.2, 0) is 4.79 Å². The van der Waals surface area contributed by atoms with Crippen molar-refractivity contribution in [2.24, 2.45) is 0 Å².